The molecule has 27 heavy (non-hydrogen) atoms. The fourth-order valence-corrected chi connectivity index (χ4v) is 3.17. The fraction of sp³-hybridized carbons (Fsp3) is 0.391. The molecule has 2 aromatic carbocycles. The van der Waals surface area contributed by atoms with Crippen molar-refractivity contribution < 1.29 is 14.9 Å². The van der Waals surface area contributed by atoms with Crippen LogP contribution in [0.2, 0.25) is 0 Å². The van der Waals surface area contributed by atoms with Gasteiger partial charge >= 0.3 is 0 Å². The molecule has 3 unspecified atom stereocenters. The van der Waals surface area contributed by atoms with Crippen molar-refractivity contribution in [2.75, 3.05) is 6.61 Å². The molecule has 0 radical (unpaired) electrons. The van der Waals surface area contributed by atoms with Crippen LogP contribution in [0.3, 0.4) is 0 Å². The summed E-state index contributed by atoms with van der Waals surface area (Å²) >= 11 is 0. The van der Waals surface area contributed by atoms with Crippen molar-refractivity contribution in [3.05, 3.63) is 72.3 Å². The average Bonchev–Trinajstić information content (AvgIpc) is 2.67. The molecular weight excluding hydrogens is 338 g/mol. The zero-order chi connectivity index (χ0) is 19.6. The van der Waals surface area contributed by atoms with E-state index in [1.807, 2.05) is 42.5 Å². The van der Waals surface area contributed by atoms with Gasteiger partial charge in [-0.1, -0.05) is 43.3 Å². The minimum Gasteiger partial charge on any atom is -0.508 e. The Morgan fingerprint density at radius 1 is 1.15 bits per heavy atom. The molecule has 0 saturated carbocycles. The molecular formula is C23H31NO3. The number of nitrogens with one attached hydrogen (secondary N) is 1. The summed E-state index contributed by atoms with van der Waals surface area (Å²) in [5, 5.41) is 23.5. The number of ether oxygens (including phenoxy) is 1. The molecule has 0 fully saturated rings. The van der Waals surface area contributed by atoms with Gasteiger partial charge in [-0.2, -0.15) is 0 Å². The van der Waals surface area contributed by atoms with Crippen molar-refractivity contribution in [1.29, 1.82) is 0 Å². The summed E-state index contributed by atoms with van der Waals surface area (Å²) in [5.41, 5.74) is 2.22. The number of allylic oxidation sites excluding steroid dienone is 1. The Morgan fingerprint density at radius 2 is 1.85 bits per heavy atom. The van der Waals surface area contributed by atoms with Crippen molar-refractivity contribution in [2.24, 2.45) is 0 Å². The highest BCUT2D eigenvalue weighted by atomic mass is 16.5. The molecule has 0 aromatic heterocycles. The van der Waals surface area contributed by atoms with Crippen molar-refractivity contribution in [2.45, 2.75) is 51.3 Å². The Bertz CT molecular complexity index is 699. The molecule has 0 saturated heterocycles. The third kappa shape index (κ3) is 6.74. The Labute approximate surface area is 162 Å². The van der Waals surface area contributed by atoms with E-state index in [2.05, 4.69) is 25.7 Å². The summed E-state index contributed by atoms with van der Waals surface area (Å²) in [6.45, 7) is 8.17. The number of phenols is 1. The van der Waals surface area contributed by atoms with Crippen LogP contribution in [0.15, 0.2) is 61.2 Å². The third-order valence-electron chi connectivity index (χ3n) is 4.63. The van der Waals surface area contributed by atoms with Crippen molar-refractivity contribution >= 4 is 0 Å². The van der Waals surface area contributed by atoms with Gasteiger partial charge in [0, 0.05) is 12.1 Å². The fourth-order valence-electron chi connectivity index (χ4n) is 3.17. The molecule has 2 aromatic rings. The molecule has 4 nitrogen and oxygen atoms in total. The largest absolute Gasteiger partial charge is 0.508 e. The first kappa shape index (κ1) is 21.0. The van der Waals surface area contributed by atoms with Crippen LogP contribution in [0.5, 0.6) is 11.5 Å². The minimum atomic E-state index is -0.603. The van der Waals surface area contributed by atoms with Crippen LogP contribution in [0, 0.1) is 0 Å². The predicted molar refractivity (Wildman–Crippen MR) is 110 cm³/mol. The molecule has 0 amide bonds. The Hall–Kier alpha value is -2.30. The molecule has 4 heteroatoms. The number of aromatic hydroxyl groups is 1. The van der Waals surface area contributed by atoms with E-state index in [9.17, 15) is 10.2 Å². The van der Waals surface area contributed by atoms with Gasteiger partial charge in [0.1, 0.15) is 24.2 Å². The summed E-state index contributed by atoms with van der Waals surface area (Å²) < 4.78 is 5.88. The topological polar surface area (TPSA) is 61.7 Å². The number of phenolic OH excluding ortho intramolecular Hbond substituents is 1. The number of benzene rings is 2. The van der Waals surface area contributed by atoms with Crippen molar-refractivity contribution in [3.63, 3.8) is 0 Å². The standard InChI is InChI=1S/C23H31NO3/c1-4-8-19-9-6-7-10-23(19)27-16-22(26)21(5-2)24-17(3)15-18-11-13-20(25)14-12-18/h4,6-7,9-14,17,21-22,24-26H,1,5,8,15-16H2,2-3H3. The van der Waals surface area contributed by atoms with Gasteiger partial charge in [0.25, 0.3) is 0 Å². The number of aliphatic hydroxyl groups is 1. The van der Waals surface area contributed by atoms with Gasteiger partial charge in [-0.3, -0.25) is 0 Å². The van der Waals surface area contributed by atoms with Crippen LogP contribution in [0.4, 0.5) is 0 Å². The van der Waals surface area contributed by atoms with E-state index < -0.39 is 6.10 Å². The van der Waals surface area contributed by atoms with Crippen LogP contribution in [0.1, 0.15) is 31.4 Å². The highest BCUT2D eigenvalue weighted by Crippen LogP contribution is 2.19. The predicted octanol–water partition coefficient (Wildman–Crippen LogP) is 3.86. The maximum Gasteiger partial charge on any atom is 0.122 e. The van der Waals surface area contributed by atoms with Gasteiger partial charge in [0.05, 0.1) is 0 Å². The molecule has 3 N–H and O–H groups in total. The number of hydrogen-bond donors (Lipinski definition) is 3. The smallest absolute Gasteiger partial charge is 0.122 e. The van der Waals surface area contributed by atoms with E-state index in [1.165, 1.54) is 0 Å². The van der Waals surface area contributed by atoms with E-state index >= 15 is 0 Å². The lowest BCUT2D eigenvalue weighted by molar-refractivity contribution is 0.0677. The van der Waals surface area contributed by atoms with E-state index in [0.717, 1.165) is 36.1 Å². The quantitative estimate of drug-likeness (QED) is 0.526. The molecule has 0 aliphatic rings. The summed E-state index contributed by atoms with van der Waals surface area (Å²) in [6, 6.07) is 15.2. The van der Waals surface area contributed by atoms with Gasteiger partial charge in [-0.25, -0.2) is 0 Å². The number of para-hydroxylation sites is 1. The SMILES string of the molecule is C=CCc1ccccc1OCC(O)C(CC)NC(C)Cc1ccc(O)cc1. The van der Waals surface area contributed by atoms with Gasteiger partial charge in [-0.15, -0.1) is 6.58 Å². The monoisotopic (exact) mass is 369 g/mol. The van der Waals surface area contributed by atoms with E-state index in [4.69, 9.17) is 4.74 Å². The van der Waals surface area contributed by atoms with Crippen LogP contribution >= 0.6 is 0 Å². The molecule has 0 aliphatic carbocycles. The number of hydrogen-bond acceptors (Lipinski definition) is 4. The highest BCUT2D eigenvalue weighted by molar-refractivity contribution is 5.34. The molecule has 0 aliphatic heterocycles. The Kier molecular flexibility index (Phi) is 8.37. The van der Waals surface area contributed by atoms with Crippen molar-refractivity contribution in [1.82, 2.24) is 5.32 Å². The first-order valence-corrected chi connectivity index (χ1v) is 9.57. The van der Waals surface area contributed by atoms with E-state index in [0.29, 0.717) is 0 Å². The molecule has 3 atom stereocenters. The third-order valence-corrected chi connectivity index (χ3v) is 4.63. The normalized spacial score (nSPS) is 14.3. The lowest BCUT2D eigenvalue weighted by atomic mass is 10.0. The Morgan fingerprint density at radius 3 is 2.52 bits per heavy atom. The lowest BCUT2D eigenvalue weighted by Gasteiger charge is -2.27. The molecule has 2 rings (SSSR count). The van der Waals surface area contributed by atoms with E-state index in [1.54, 1.807) is 12.1 Å². The van der Waals surface area contributed by atoms with Crippen LogP contribution in [-0.4, -0.2) is 35.0 Å². The van der Waals surface area contributed by atoms with Crippen LogP contribution < -0.4 is 10.1 Å². The number of aliphatic hydroxyl groups excluding tert-OH is 1. The average molecular weight is 370 g/mol. The molecule has 0 spiro atoms. The lowest BCUT2D eigenvalue weighted by Crippen LogP contribution is -2.47. The van der Waals surface area contributed by atoms with Crippen LogP contribution in [-0.2, 0) is 12.8 Å². The zero-order valence-corrected chi connectivity index (χ0v) is 16.3. The maximum atomic E-state index is 10.6. The molecule has 0 bridgehead atoms. The molecule has 146 valence electrons. The van der Waals surface area contributed by atoms with Crippen LogP contribution in [0.25, 0.3) is 0 Å². The second-order valence-corrected chi connectivity index (χ2v) is 6.93. The second-order valence-electron chi connectivity index (χ2n) is 6.93. The van der Waals surface area contributed by atoms with Gasteiger partial charge in [-0.05, 0) is 55.5 Å². The summed E-state index contributed by atoms with van der Waals surface area (Å²) in [5.74, 6) is 1.07. The van der Waals surface area contributed by atoms with Gasteiger partial charge in [0.15, 0.2) is 0 Å². The highest BCUT2D eigenvalue weighted by Gasteiger charge is 2.20. The Balaban J connectivity index is 1.88. The summed E-state index contributed by atoms with van der Waals surface area (Å²) in [4.78, 5) is 0. The number of rotatable bonds is 11. The summed E-state index contributed by atoms with van der Waals surface area (Å²) in [6.07, 6.45) is 3.62. The first-order chi connectivity index (χ1) is 13.0. The minimum absolute atomic E-state index is 0.0521. The first-order valence-electron chi connectivity index (χ1n) is 9.57. The van der Waals surface area contributed by atoms with Crippen molar-refractivity contribution in [3.8, 4) is 11.5 Å². The molecule has 0 heterocycles. The van der Waals surface area contributed by atoms with Gasteiger partial charge in [0.2, 0.25) is 0 Å². The van der Waals surface area contributed by atoms with Gasteiger partial charge < -0.3 is 20.3 Å². The second kappa shape index (κ2) is 10.8. The van der Waals surface area contributed by atoms with E-state index in [-0.39, 0.29) is 24.4 Å². The summed E-state index contributed by atoms with van der Waals surface area (Å²) in [7, 11) is 0. The maximum absolute atomic E-state index is 10.6. The zero-order valence-electron chi connectivity index (χ0n) is 16.3.